The number of amides is 1. The van der Waals surface area contributed by atoms with Gasteiger partial charge in [0.1, 0.15) is 0 Å². The number of halogens is 1. The zero-order valence-electron chi connectivity index (χ0n) is 10.1. The Morgan fingerprint density at radius 1 is 1.28 bits per heavy atom. The van der Waals surface area contributed by atoms with Crippen LogP contribution < -0.4 is 0 Å². The standard InChI is InChI=1S/C14H15ClN2O/c15-11-3-4-13-10(7-11)8-12(16-13)9-14(18)17-5-1-2-6-17/h3-4,7-8,16H,1-2,5-6,9H2. The normalized spacial score (nSPS) is 15.5. The molecule has 0 saturated carbocycles. The van der Waals surface area contributed by atoms with E-state index in [1.165, 1.54) is 0 Å². The van der Waals surface area contributed by atoms with E-state index in [1.807, 2.05) is 29.2 Å². The first-order chi connectivity index (χ1) is 8.72. The molecule has 4 heteroatoms. The Kier molecular flexibility index (Phi) is 3.00. The molecule has 0 radical (unpaired) electrons. The Morgan fingerprint density at radius 2 is 2.06 bits per heavy atom. The lowest BCUT2D eigenvalue weighted by Crippen LogP contribution is -2.29. The largest absolute Gasteiger partial charge is 0.358 e. The molecular formula is C14H15ClN2O. The number of nitrogens with zero attached hydrogens (tertiary/aromatic N) is 1. The molecule has 2 aromatic rings. The van der Waals surface area contributed by atoms with Crippen LogP contribution in [-0.2, 0) is 11.2 Å². The van der Waals surface area contributed by atoms with E-state index in [1.54, 1.807) is 0 Å². The van der Waals surface area contributed by atoms with Gasteiger partial charge in [-0.2, -0.15) is 0 Å². The minimum atomic E-state index is 0.213. The molecule has 1 aliphatic heterocycles. The van der Waals surface area contributed by atoms with Gasteiger partial charge in [-0.25, -0.2) is 0 Å². The summed E-state index contributed by atoms with van der Waals surface area (Å²) >= 11 is 5.95. The van der Waals surface area contributed by atoms with E-state index in [0.717, 1.165) is 47.6 Å². The molecule has 0 bridgehead atoms. The maximum atomic E-state index is 12.0. The molecule has 0 unspecified atom stereocenters. The first kappa shape index (κ1) is 11.6. The van der Waals surface area contributed by atoms with Crippen LogP contribution in [0.3, 0.4) is 0 Å². The highest BCUT2D eigenvalue weighted by Gasteiger charge is 2.18. The zero-order chi connectivity index (χ0) is 12.5. The lowest BCUT2D eigenvalue weighted by Gasteiger charge is -2.14. The summed E-state index contributed by atoms with van der Waals surface area (Å²) in [5.74, 6) is 0.213. The predicted octanol–water partition coefficient (Wildman–Crippen LogP) is 2.99. The van der Waals surface area contributed by atoms with E-state index >= 15 is 0 Å². The van der Waals surface area contributed by atoms with Crippen molar-refractivity contribution in [2.24, 2.45) is 0 Å². The Bertz CT molecular complexity index is 584. The van der Waals surface area contributed by atoms with Gasteiger partial charge in [0.25, 0.3) is 0 Å². The van der Waals surface area contributed by atoms with Gasteiger partial charge in [-0.05, 0) is 37.1 Å². The molecule has 0 aliphatic carbocycles. The zero-order valence-corrected chi connectivity index (χ0v) is 10.8. The van der Waals surface area contributed by atoms with Crippen molar-refractivity contribution in [2.45, 2.75) is 19.3 Å². The van der Waals surface area contributed by atoms with Gasteiger partial charge in [0.15, 0.2) is 0 Å². The van der Waals surface area contributed by atoms with Crippen LogP contribution >= 0.6 is 11.6 Å². The number of hydrogen-bond donors (Lipinski definition) is 1. The molecule has 94 valence electrons. The number of carbonyl (C=O) groups excluding carboxylic acids is 1. The van der Waals surface area contributed by atoms with E-state index in [4.69, 9.17) is 11.6 Å². The van der Waals surface area contributed by atoms with Gasteiger partial charge in [-0.3, -0.25) is 4.79 Å². The Balaban J connectivity index is 1.79. The maximum absolute atomic E-state index is 12.0. The van der Waals surface area contributed by atoms with E-state index in [9.17, 15) is 4.79 Å². The molecule has 3 nitrogen and oxygen atoms in total. The van der Waals surface area contributed by atoms with Crippen molar-refractivity contribution in [1.82, 2.24) is 9.88 Å². The van der Waals surface area contributed by atoms with Crippen molar-refractivity contribution < 1.29 is 4.79 Å². The smallest absolute Gasteiger partial charge is 0.228 e. The average molecular weight is 263 g/mol. The van der Waals surface area contributed by atoms with Gasteiger partial charge in [0, 0.05) is 34.7 Å². The summed E-state index contributed by atoms with van der Waals surface area (Å²) in [4.78, 5) is 17.3. The summed E-state index contributed by atoms with van der Waals surface area (Å²) in [6.07, 6.45) is 2.72. The fourth-order valence-electron chi connectivity index (χ4n) is 2.50. The monoisotopic (exact) mass is 262 g/mol. The summed E-state index contributed by atoms with van der Waals surface area (Å²) in [7, 11) is 0. The molecule has 1 aromatic heterocycles. The molecular weight excluding hydrogens is 248 g/mol. The molecule has 1 amide bonds. The summed E-state index contributed by atoms with van der Waals surface area (Å²) in [6.45, 7) is 1.82. The van der Waals surface area contributed by atoms with Crippen LogP contribution in [0.2, 0.25) is 5.02 Å². The number of aromatic nitrogens is 1. The SMILES string of the molecule is O=C(Cc1cc2cc(Cl)ccc2[nH]1)N1CCCC1. The lowest BCUT2D eigenvalue weighted by molar-refractivity contribution is -0.129. The van der Waals surface area contributed by atoms with Crippen molar-refractivity contribution in [3.8, 4) is 0 Å². The number of fused-ring (bicyclic) bond motifs is 1. The number of aromatic amines is 1. The van der Waals surface area contributed by atoms with Crippen molar-refractivity contribution in [1.29, 1.82) is 0 Å². The lowest BCUT2D eigenvalue weighted by atomic mass is 10.2. The third-order valence-corrected chi connectivity index (χ3v) is 3.67. The summed E-state index contributed by atoms with van der Waals surface area (Å²) < 4.78 is 0. The van der Waals surface area contributed by atoms with E-state index in [2.05, 4.69) is 4.98 Å². The number of benzene rings is 1. The number of likely N-dealkylation sites (tertiary alicyclic amines) is 1. The van der Waals surface area contributed by atoms with Crippen LogP contribution in [0.1, 0.15) is 18.5 Å². The van der Waals surface area contributed by atoms with Crippen molar-refractivity contribution in [2.75, 3.05) is 13.1 Å². The highest BCUT2D eigenvalue weighted by atomic mass is 35.5. The molecule has 0 atom stereocenters. The number of rotatable bonds is 2. The third-order valence-electron chi connectivity index (χ3n) is 3.44. The summed E-state index contributed by atoms with van der Waals surface area (Å²) in [5, 5.41) is 1.78. The second-order valence-corrected chi connectivity index (χ2v) is 5.23. The number of nitrogens with one attached hydrogen (secondary N) is 1. The van der Waals surface area contributed by atoms with E-state index < -0.39 is 0 Å². The highest BCUT2D eigenvalue weighted by Crippen LogP contribution is 2.21. The number of carbonyl (C=O) groups is 1. The predicted molar refractivity (Wildman–Crippen MR) is 72.8 cm³/mol. The molecule has 1 saturated heterocycles. The van der Waals surface area contributed by atoms with Crippen molar-refractivity contribution in [3.05, 3.63) is 35.0 Å². The Hall–Kier alpha value is -1.48. The second-order valence-electron chi connectivity index (χ2n) is 4.79. The molecule has 18 heavy (non-hydrogen) atoms. The quantitative estimate of drug-likeness (QED) is 0.887. The van der Waals surface area contributed by atoms with Crippen molar-refractivity contribution >= 4 is 28.4 Å². The van der Waals surface area contributed by atoms with Crippen LogP contribution in [-0.4, -0.2) is 28.9 Å². The van der Waals surface area contributed by atoms with Gasteiger partial charge in [-0.1, -0.05) is 11.6 Å². The van der Waals surface area contributed by atoms with Gasteiger partial charge in [0.2, 0.25) is 5.91 Å². The second kappa shape index (κ2) is 4.65. The van der Waals surface area contributed by atoms with Crippen molar-refractivity contribution in [3.63, 3.8) is 0 Å². The minimum absolute atomic E-state index is 0.213. The Labute approximate surface area is 111 Å². The summed E-state index contributed by atoms with van der Waals surface area (Å²) in [6, 6.07) is 7.72. The molecule has 2 heterocycles. The van der Waals surface area contributed by atoms with Crippen LogP contribution in [0.25, 0.3) is 10.9 Å². The van der Waals surface area contributed by atoms with E-state index in [-0.39, 0.29) is 5.91 Å². The van der Waals surface area contributed by atoms with Gasteiger partial charge >= 0.3 is 0 Å². The maximum Gasteiger partial charge on any atom is 0.228 e. The van der Waals surface area contributed by atoms with Gasteiger partial charge < -0.3 is 9.88 Å². The Morgan fingerprint density at radius 3 is 2.83 bits per heavy atom. The fourth-order valence-corrected chi connectivity index (χ4v) is 2.68. The molecule has 1 N–H and O–H groups in total. The first-order valence-electron chi connectivity index (χ1n) is 6.27. The topological polar surface area (TPSA) is 36.1 Å². The third kappa shape index (κ3) is 2.23. The molecule has 1 aliphatic rings. The van der Waals surface area contributed by atoms with Gasteiger partial charge in [0.05, 0.1) is 6.42 Å². The molecule has 3 rings (SSSR count). The van der Waals surface area contributed by atoms with Crippen LogP contribution in [0.5, 0.6) is 0 Å². The summed E-state index contributed by atoms with van der Waals surface area (Å²) in [5.41, 5.74) is 1.99. The fraction of sp³-hybridized carbons (Fsp3) is 0.357. The highest BCUT2D eigenvalue weighted by molar-refractivity contribution is 6.31. The number of hydrogen-bond acceptors (Lipinski definition) is 1. The van der Waals surface area contributed by atoms with Crippen LogP contribution in [0, 0.1) is 0 Å². The minimum Gasteiger partial charge on any atom is -0.358 e. The average Bonchev–Trinajstić information content (AvgIpc) is 2.95. The molecule has 0 spiro atoms. The van der Waals surface area contributed by atoms with Gasteiger partial charge in [-0.15, -0.1) is 0 Å². The molecule has 1 fully saturated rings. The number of H-pyrrole nitrogens is 1. The van der Waals surface area contributed by atoms with Crippen LogP contribution in [0.4, 0.5) is 0 Å². The molecule has 1 aromatic carbocycles. The van der Waals surface area contributed by atoms with Crippen LogP contribution in [0.15, 0.2) is 24.3 Å². The first-order valence-corrected chi connectivity index (χ1v) is 6.65. The van der Waals surface area contributed by atoms with E-state index in [0.29, 0.717) is 6.42 Å².